The highest BCUT2D eigenvalue weighted by Crippen LogP contribution is 2.59. The van der Waals surface area contributed by atoms with Gasteiger partial charge in [0, 0.05) is 12.8 Å². The molecule has 30 heavy (non-hydrogen) atoms. The molecule has 3 nitrogen and oxygen atoms in total. The van der Waals surface area contributed by atoms with Crippen molar-refractivity contribution in [1.82, 2.24) is 0 Å². The van der Waals surface area contributed by atoms with Crippen LogP contribution < -0.4 is 0 Å². The third kappa shape index (κ3) is 4.33. The van der Waals surface area contributed by atoms with Gasteiger partial charge < -0.3 is 14.9 Å². The summed E-state index contributed by atoms with van der Waals surface area (Å²) in [6.45, 7) is 11.8. The molecule has 0 amide bonds. The zero-order valence-electron chi connectivity index (χ0n) is 18.9. The third-order valence-electron chi connectivity index (χ3n) is 8.34. The van der Waals surface area contributed by atoms with Crippen LogP contribution in [0, 0.1) is 35.0 Å². The van der Waals surface area contributed by atoms with Gasteiger partial charge in [0.2, 0.25) is 0 Å². The largest absolute Gasteiger partial charge is 0.393 e. The number of epoxide rings is 1. The quantitative estimate of drug-likeness (QED) is 0.511. The molecular formula is C27H38O3. The van der Waals surface area contributed by atoms with Crippen molar-refractivity contribution in [1.29, 1.82) is 0 Å². The highest BCUT2D eigenvalue weighted by molar-refractivity contribution is 5.38. The van der Waals surface area contributed by atoms with E-state index in [1.165, 1.54) is 25.7 Å². The van der Waals surface area contributed by atoms with Crippen molar-refractivity contribution in [3.05, 3.63) is 35.5 Å². The van der Waals surface area contributed by atoms with Crippen LogP contribution in [0.15, 0.2) is 35.5 Å². The number of allylic oxidation sites excluding steroid dienone is 3. The van der Waals surface area contributed by atoms with Gasteiger partial charge in [-0.2, -0.15) is 0 Å². The molecule has 0 aromatic heterocycles. The van der Waals surface area contributed by atoms with E-state index in [2.05, 4.69) is 51.3 Å². The Labute approximate surface area is 182 Å². The van der Waals surface area contributed by atoms with Crippen molar-refractivity contribution >= 4 is 0 Å². The first-order valence-corrected chi connectivity index (χ1v) is 11.8. The van der Waals surface area contributed by atoms with Gasteiger partial charge in [-0.05, 0) is 79.8 Å². The van der Waals surface area contributed by atoms with Crippen molar-refractivity contribution < 1.29 is 14.9 Å². The zero-order valence-corrected chi connectivity index (χ0v) is 18.9. The molecule has 1 aliphatic heterocycles. The van der Waals surface area contributed by atoms with E-state index < -0.39 is 12.2 Å². The molecule has 3 aliphatic carbocycles. The Morgan fingerprint density at radius 2 is 2.03 bits per heavy atom. The van der Waals surface area contributed by atoms with Gasteiger partial charge in [0.05, 0.1) is 18.8 Å². The summed E-state index contributed by atoms with van der Waals surface area (Å²) < 4.78 is 5.40. The van der Waals surface area contributed by atoms with Crippen LogP contribution in [0.25, 0.3) is 0 Å². The molecule has 0 bridgehead atoms. The molecular weight excluding hydrogens is 372 g/mol. The number of rotatable bonds is 3. The highest BCUT2D eigenvalue weighted by Gasteiger charge is 2.50. The zero-order chi connectivity index (χ0) is 21.5. The standard InChI is InChI=1S/C27H38O3/c1-18(7-5-13-26(3)17-30-26)23-11-12-24-20(8-6-14-27(23,24)4)9-10-21-15-22(28)16-25(29)19(21)2/h9-10,18,22-25,28-29H,2,6-8,11-12,14-17H2,1,3-4H3/b20-9-,21-10+/t18-,22-,23-,24+,25+,26-,27-/m1/s1. The van der Waals surface area contributed by atoms with Gasteiger partial charge in [-0.1, -0.05) is 50.0 Å². The van der Waals surface area contributed by atoms with Gasteiger partial charge >= 0.3 is 0 Å². The van der Waals surface area contributed by atoms with E-state index in [0.717, 1.165) is 36.5 Å². The molecule has 4 fully saturated rings. The van der Waals surface area contributed by atoms with Crippen LogP contribution in [0.2, 0.25) is 0 Å². The lowest BCUT2D eigenvalue weighted by atomic mass is 9.61. The van der Waals surface area contributed by atoms with Gasteiger partial charge in [0.1, 0.15) is 5.60 Å². The minimum atomic E-state index is -0.615. The summed E-state index contributed by atoms with van der Waals surface area (Å²) in [7, 11) is 0. The number of ether oxygens (including phenoxy) is 1. The SMILES string of the molecule is C=C1/C(=C/C=C2/CCC[C@]3(C)[C@@H]([C@H](C)CC#C[C@]4(C)CO4)CC[C@@H]23)C[C@@H](O)C[C@@H]1O. The molecule has 0 unspecified atom stereocenters. The average Bonchev–Trinajstić information content (AvgIpc) is 3.30. The Hall–Kier alpha value is -1.34. The molecule has 0 aromatic carbocycles. The molecule has 3 heteroatoms. The Morgan fingerprint density at radius 3 is 2.77 bits per heavy atom. The van der Waals surface area contributed by atoms with E-state index in [1.54, 1.807) is 5.57 Å². The molecule has 2 N–H and O–H groups in total. The van der Waals surface area contributed by atoms with Gasteiger partial charge in [0.15, 0.2) is 0 Å². The molecule has 164 valence electrons. The second kappa shape index (κ2) is 8.30. The van der Waals surface area contributed by atoms with E-state index in [1.807, 2.05) is 0 Å². The molecule has 7 atom stereocenters. The minimum absolute atomic E-state index is 0.166. The van der Waals surface area contributed by atoms with Gasteiger partial charge in [-0.3, -0.25) is 0 Å². The maximum absolute atomic E-state index is 10.1. The monoisotopic (exact) mass is 410 g/mol. The number of aliphatic hydroxyl groups is 2. The predicted octanol–water partition coefficient (Wildman–Crippen LogP) is 4.95. The van der Waals surface area contributed by atoms with Crippen molar-refractivity contribution in [2.24, 2.45) is 23.2 Å². The molecule has 4 rings (SSSR count). The van der Waals surface area contributed by atoms with E-state index in [-0.39, 0.29) is 5.60 Å². The summed E-state index contributed by atoms with van der Waals surface area (Å²) in [4.78, 5) is 0. The fourth-order valence-corrected chi connectivity index (χ4v) is 6.40. The van der Waals surface area contributed by atoms with Crippen molar-refractivity contribution in [3.63, 3.8) is 0 Å². The first-order chi connectivity index (χ1) is 14.2. The fourth-order valence-electron chi connectivity index (χ4n) is 6.40. The van der Waals surface area contributed by atoms with E-state index in [9.17, 15) is 10.2 Å². The van der Waals surface area contributed by atoms with Crippen LogP contribution >= 0.6 is 0 Å². The van der Waals surface area contributed by atoms with Crippen molar-refractivity contribution in [2.45, 2.75) is 89.9 Å². The van der Waals surface area contributed by atoms with E-state index >= 15 is 0 Å². The number of fused-ring (bicyclic) bond motifs is 1. The molecule has 1 saturated heterocycles. The summed E-state index contributed by atoms with van der Waals surface area (Å²) in [5, 5.41) is 20.2. The van der Waals surface area contributed by atoms with Crippen LogP contribution in [0.4, 0.5) is 0 Å². The summed E-state index contributed by atoms with van der Waals surface area (Å²) in [6.07, 6.45) is 11.6. The number of hydrogen-bond donors (Lipinski definition) is 2. The Kier molecular flexibility index (Phi) is 6.05. The van der Waals surface area contributed by atoms with Crippen molar-refractivity contribution in [2.75, 3.05) is 6.61 Å². The van der Waals surface area contributed by atoms with Crippen LogP contribution in [0.5, 0.6) is 0 Å². The van der Waals surface area contributed by atoms with E-state index in [0.29, 0.717) is 30.1 Å². The van der Waals surface area contributed by atoms with Gasteiger partial charge in [-0.25, -0.2) is 0 Å². The number of hydrogen-bond acceptors (Lipinski definition) is 3. The minimum Gasteiger partial charge on any atom is -0.393 e. The first kappa shape index (κ1) is 21.9. The Morgan fingerprint density at radius 1 is 1.27 bits per heavy atom. The normalized spacial score (nSPS) is 44.5. The van der Waals surface area contributed by atoms with E-state index in [4.69, 9.17) is 4.74 Å². The first-order valence-electron chi connectivity index (χ1n) is 11.8. The number of aliphatic hydroxyl groups excluding tert-OH is 2. The van der Waals surface area contributed by atoms with Crippen molar-refractivity contribution in [3.8, 4) is 11.8 Å². The Balaban J connectivity index is 1.48. The third-order valence-corrected chi connectivity index (χ3v) is 8.34. The smallest absolute Gasteiger partial charge is 0.149 e. The maximum Gasteiger partial charge on any atom is 0.149 e. The lowest BCUT2D eigenvalue weighted by Crippen LogP contribution is -2.35. The van der Waals surface area contributed by atoms with Crippen LogP contribution in [0.3, 0.4) is 0 Å². The van der Waals surface area contributed by atoms with Crippen LogP contribution in [-0.2, 0) is 4.74 Å². The highest BCUT2D eigenvalue weighted by atomic mass is 16.6. The molecule has 4 aliphatic rings. The lowest BCUT2D eigenvalue weighted by Gasteiger charge is -2.44. The molecule has 1 heterocycles. The fraction of sp³-hybridized carbons (Fsp3) is 0.704. The van der Waals surface area contributed by atoms with Crippen LogP contribution in [-0.4, -0.2) is 34.6 Å². The molecule has 0 radical (unpaired) electrons. The second-order valence-electron chi connectivity index (χ2n) is 10.7. The maximum atomic E-state index is 10.1. The van der Waals surface area contributed by atoms with Crippen LogP contribution in [0.1, 0.15) is 72.1 Å². The predicted molar refractivity (Wildman–Crippen MR) is 121 cm³/mol. The lowest BCUT2D eigenvalue weighted by molar-refractivity contribution is 0.0862. The molecule has 3 saturated carbocycles. The second-order valence-corrected chi connectivity index (χ2v) is 10.7. The average molecular weight is 411 g/mol. The Bertz CT molecular complexity index is 806. The summed E-state index contributed by atoms with van der Waals surface area (Å²) in [6, 6.07) is 0. The topological polar surface area (TPSA) is 53.0 Å². The summed E-state index contributed by atoms with van der Waals surface area (Å²) in [5.74, 6) is 8.68. The molecule has 0 aromatic rings. The van der Waals surface area contributed by atoms with Gasteiger partial charge in [0.25, 0.3) is 0 Å². The molecule has 0 spiro atoms. The summed E-state index contributed by atoms with van der Waals surface area (Å²) in [5.41, 5.74) is 3.53. The summed E-state index contributed by atoms with van der Waals surface area (Å²) >= 11 is 0. The van der Waals surface area contributed by atoms with Gasteiger partial charge in [-0.15, -0.1) is 0 Å².